The normalized spacial score (nSPS) is 12.9. The first kappa shape index (κ1) is 19.0. The van der Waals surface area contributed by atoms with Gasteiger partial charge in [0.1, 0.15) is 0 Å². The van der Waals surface area contributed by atoms with Gasteiger partial charge in [-0.2, -0.15) is 0 Å². The number of carbonyl (C=O) groups excluding carboxylic acids is 2. The monoisotopic (exact) mass is 384 g/mol. The summed E-state index contributed by atoms with van der Waals surface area (Å²) in [6.45, 7) is 1.70. The molecule has 0 heterocycles. The number of benzene rings is 2. The van der Waals surface area contributed by atoms with Crippen molar-refractivity contribution in [1.29, 1.82) is 0 Å². The van der Waals surface area contributed by atoms with Gasteiger partial charge in [-0.15, -0.1) is 0 Å². The smallest absolute Gasteiger partial charge is 0.277 e. The minimum Gasteiger partial charge on any atom is -0.326 e. The van der Waals surface area contributed by atoms with Gasteiger partial charge in [0.15, 0.2) is 0 Å². The molecule has 0 aromatic heterocycles. The highest BCUT2D eigenvalue weighted by atomic mass is 16.6. The maximum Gasteiger partial charge on any atom is 0.277 e. The molecule has 2 aromatic carbocycles. The zero-order chi connectivity index (χ0) is 20.4. The number of nitrogens with one attached hydrogen (secondary N) is 2. The second kappa shape index (κ2) is 7.43. The first-order chi connectivity index (χ1) is 13.3. The fourth-order valence-electron chi connectivity index (χ4n) is 2.62. The highest BCUT2D eigenvalue weighted by molar-refractivity contribution is 6.06. The minimum absolute atomic E-state index is 0.0167. The molecular formula is C18H16N4O6. The predicted octanol–water partition coefficient (Wildman–Crippen LogP) is 3.41. The van der Waals surface area contributed by atoms with Crippen LogP contribution < -0.4 is 10.6 Å². The van der Waals surface area contributed by atoms with Crippen LogP contribution in [0.1, 0.15) is 28.8 Å². The Balaban J connectivity index is 1.85. The molecule has 1 fully saturated rings. The van der Waals surface area contributed by atoms with Gasteiger partial charge in [-0.3, -0.25) is 29.8 Å². The van der Waals surface area contributed by atoms with Crippen LogP contribution in [0.3, 0.4) is 0 Å². The van der Waals surface area contributed by atoms with Crippen molar-refractivity contribution >= 4 is 34.6 Å². The standard InChI is InChI=1S/C18H16N4O6/c1-10-15(19-17(23)11-5-6-11)3-2-4-16(10)20-18(24)12-7-13(21(25)26)9-14(8-12)22(27)28/h2-4,7-9,11H,5-6H2,1H3,(H,19,23)(H,20,24). The van der Waals surface area contributed by atoms with Gasteiger partial charge in [-0.25, -0.2) is 0 Å². The van der Waals surface area contributed by atoms with Crippen LogP contribution in [-0.4, -0.2) is 21.7 Å². The molecular weight excluding hydrogens is 368 g/mol. The highest BCUT2D eigenvalue weighted by Gasteiger charge is 2.30. The molecule has 1 aliphatic carbocycles. The summed E-state index contributed by atoms with van der Waals surface area (Å²) in [7, 11) is 0. The summed E-state index contributed by atoms with van der Waals surface area (Å²) in [6, 6.07) is 7.67. The van der Waals surface area contributed by atoms with Gasteiger partial charge in [-0.05, 0) is 37.5 Å². The number of amides is 2. The molecule has 2 amide bonds. The minimum atomic E-state index is -0.803. The molecule has 0 saturated heterocycles. The fraction of sp³-hybridized carbons (Fsp3) is 0.222. The first-order valence-corrected chi connectivity index (χ1v) is 8.42. The number of rotatable bonds is 6. The number of nitro groups is 2. The Kier molecular flexibility index (Phi) is 5.03. The first-order valence-electron chi connectivity index (χ1n) is 8.42. The lowest BCUT2D eigenvalue weighted by atomic mass is 10.1. The zero-order valence-electron chi connectivity index (χ0n) is 14.8. The highest BCUT2D eigenvalue weighted by Crippen LogP contribution is 2.32. The summed E-state index contributed by atoms with van der Waals surface area (Å²) < 4.78 is 0. The summed E-state index contributed by atoms with van der Waals surface area (Å²) in [5.74, 6) is -0.801. The number of hydrogen-bond donors (Lipinski definition) is 2. The maximum absolute atomic E-state index is 12.5. The number of hydrogen-bond acceptors (Lipinski definition) is 6. The van der Waals surface area contributed by atoms with Crippen LogP contribution in [0.2, 0.25) is 0 Å². The molecule has 144 valence electrons. The Bertz CT molecular complexity index is 967. The summed E-state index contributed by atoms with van der Waals surface area (Å²) in [6.07, 6.45) is 1.71. The van der Waals surface area contributed by atoms with Crippen LogP contribution in [0.4, 0.5) is 22.7 Å². The van der Waals surface area contributed by atoms with Crippen molar-refractivity contribution in [2.75, 3.05) is 10.6 Å². The summed E-state index contributed by atoms with van der Waals surface area (Å²) in [5, 5.41) is 27.3. The van der Waals surface area contributed by atoms with Crippen molar-refractivity contribution in [3.8, 4) is 0 Å². The zero-order valence-corrected chi connectivity index (χ0v) is 14.8. The van der Waals surface area contributed by atoms with Crippen LogP contribution in [0.15, 0.2) is 36.4 Å². The lowest BCUT2D eigenvalue weighted by Crippen LogP contribution is -2.16. The molecule has 1 saturated carbocycles. The van der Waals surface area contributed by atoms with E-state index in [2.05, 4.69) is 10.6 Å². The van der Waals surface area contributed by atoms with Gasteiger partial charge < -0.3 is 10.6 Å². The summed E-state index contributed by atoms with van der Waals surface area (Å²) in [4.78, 5) is 44.8. The van der Waals surface area contributed by atoms with Gasteiger partial charge in [0.25, 0.3) is 17.3 Å². The van der Waals surface area contributed by atoms with E-state index in [-0.39, 0.29) is 17.4 Å². The molecule has 0 radical (unpaired) electrons. The van der Waals surface area contributed by atoms with E-state index < -0.39 is 27.1 Å². The van der Waals surface area contributed by atoms with Crippen molar-refractivity contribution in [2.45, 2.75) is 19.8 Å². The summed E-state index contributed by atoms with van der Waals surface area (Å²) in [5.41, 5.74) is 0.202. The Morgan fingerprint density at radius 2 is 1.50 bits per heavy atom. The largest absolute Gasteiger partial charge is 0.326 e. The molecule has 10 heteroatoms. The van der Waals surface area contributed by atoms with Crippen molar-refractivity contribution in [1.82, 2.24) is 0 Å². The van der Waals surface area contributed by atoms with E-state index >= 15 is 0 Å². The predicted molar refractivity (Wildman–Crippen MR) is 100 cm³/mol. The molecule has 2 N–H and O–H groups in total. The average Bonchev–Trinajstić information content (AvgIpc) is 3.49. The Labute approximate surface area is 158 Å². The molecule has 3 rings (SSSR count). The third kappa shape index (κ3) is 4.11. The van der Waals surface area contributed by atoms with Crippen LogP contribution in [0, 0.1) is 33.1 Å². The molecule has 0 unspecified atom stereocenters. The number of nitro benzene ring substituents is 2. The maximum atomic E-state index is 12.5. The third-order valence-electron chi connectivity index (χ3n) is 4.37. The lowest BCUT2D eigenvalue weighted by Gasteiger charge is -2.13. The molecule has 0 bridgehead atoms. The molecule has 0 spiro atoms. The number of nitrogens with zero attached hydrogens (tertiary/aromatic N) is 2. The van der Waals surface area contributed by atoms with Gasteiger partial charge in [0, 0.05) is 29.4 Å². The molecule has 28 heavy (non-hydrogen) atoms. The van der Waals surface area contributed by atoms with E-state index in [1.807, 2.05) is 0 Å². The van der Waals surface area contributed by atoms with Crippen LogP contribution in [0.5, 0.6) is 0 Å². The van der Waals surface area contributed by atoms with E-state index in [0.717, 1.165) is 31.0 Å². The Hall–Kier alpha value is -3.82. The molecule has 2 aromatic rings. The van der Waals surface area contributed by atoms with Crippen LogP contribution >= 0.6 is 0 Å². The second-order valence-corrected chi connectivity index (χ2v) is 6.45. The quantitative estimate of drug-likeness (QED) is 0.577. The van der Waals surface area contributed by atoms with E-state index in [1.165, 1.54) is 0 Å². The average molecular weight is 384 g/mol. The van der Waals surface area contributed by atoms with Gasteiger partial charge in [0.05, 0.1) is 21.5 Å². The van der Waals surface area contributed by atoms with Gasteiger partial charge in [0.2, 0.25) is 5.91 Å². The fourth-order valence-corrected chi connectivity index (χ4v) is 2.62. The Morgan fingerprint density at radius 1 is 0.964 bits per heavy atom. The van der Waals surface area contributed by atoms with E-state index in [9.17, 15) is 29.8 Å². The van der Waals surface area contributed by atoms with E-state index in [0.29, 0.717) is 16.9 Å². The second-order valence-electron chi connectivity index (χ2n) is 6.45. The third-order valence-corrected chi connectivity index (χ3v) is 4.37. The van der Waals surface area contributed by atoms with Gasteiger partial charge >= 0.3 is 0 Å². The Morgan fingerprint density at radius 3 is 2.00 bits per heavy atom. The number of non-ortho nitro benzene ring substituents is 2. The van der Waals surface area contributed by atoms with Crippen molar-refractivity contribution in [3.05, 3.63) is 67.8 Å². The summed E-state index contributed by atoms with van der Waals surface area (Å²) >= 11 is 0. The van der Waals surface area contributed by atoms with Crippen molar-refractivity contribution in [2.24, 2.45) is 5.92 Å². The van der Waals surface area contributed by atoms with Crippen molar-refractivity contribution < 1.29 is 19.4 Å². The molecule has 10 nitrogen and oxygen atoms in total. The molecule has 0 atom stereocenters. The van der Waals surface area contributed by atoms with E-state index in [4.69, 9.17) is 0 Å². The lowest BCUT2D eigenvalue weighted by molar-refractivity contribution is -0.394. The van der Waals surface area contributed by atoms with Crippen LogP contribution in [-0.2, 0) is 4.79 Å². The van der Waals surface area contributed by atoms with Gasteiger partial charge in [-0.1, -0.05) is 6.07 Å². The molecule has 0 aliphatic heterocycles. The number of anilines is 2. The van der Waals surface area contributed by atoms with Crippen LogP contribution in [0.25, 0.3) is 0 Å². The number of carbonyl (C=O) groups is 2. The topological polar surface area (TPSA) is 144 Å². The molecule has 1 aliphatic rings. The SMILES string of the molecule is Cc1c(NC(=O)c2cc([N+](=O)[O-])cc([N+](=O)[O-])c2)cccc1NC(=O)C1CC1. The van der Waals surface area contributed by atoms with E-state index in [1.54, 1.807) is 25.1 Å². The van der Waals surface area contributed by atoms with Crippen molar-refractivity contribution in [3.63, 3.8) is 0 Å².